The lowest BCUT2D eigenvalue weighted by atomic mass is 10.0. The van der Waals surface area contributed by atoms with Gasteiger partial charge in [0.2, 0.25) is 5.91 Å². The Morgan fingerprint density at radius 1 is 1.19 bits per heavy atom. The largest absolute Gasteiger partial charge is 0.399 e. The number of amides is 1. The van der Waals surface area contributed by atoms with Gasteiger partial charge in [0.1, 0.15) is 0 Å². The number of anilines is 1. The van der Waals surface area contributed by atoms with E-state index < -0.39 is 0 Å². The predicted octanol–water partition coefficient (Wildman–Crippen LogP) is 6.22. The molecule has 2 heterocycles. The second-order valence-electron chi connectivity index (χ2n) is 7.81. The number of hydrogen-bond donors (Lipinski definition) is 1. The maximum absolute atomic E-state index is 12.4. The highest BCUT2D eigenvalue weighted by atomic mass is 35.5. The van der Waals surface area contributed by atoms with E-state index in [4.69, 9.17) is 33.9 Å². The molecule has 9 heteroatoms. The number of halogens is 2. The molecule has 0 atom stereocenters. The molecule has 168 valence electrons. The third-order valence-electron chi connectivity index (χ3n) is 5.46. The molecular weight excluding hydrogens is 483 g/mol. The van der Waals surface area contributed by atoms with Gasteiger partial charge in [-0.1, -0.05) is 41.4 Å². The first kappa shape index (κ1) is 23.4. The fourth-order valence-corrected chi connectivity index (χ4v) is 6.00. The number of carbonyl (C=O) groups excluding carboxylic acids is 1. The second-order valence-corrected chi connectivity index (χ2v) is 10.7. The molecule has 0 aliphatic carbocycles. The zero-order chi connectivity index (χ0) is 22.7. The summed E-state index contributed by atoms with van der Waals surface area (Å²) in [5.74, 6) is 0.0576. The van der Waals surface area contributed by atoms with Crippen molar-refractivity contribution in [1.82, 2.24) is 14.2 Å². The molecule has 2 N–H and O–H groups in total. The van der Waals surface area contributed by atoms with Gasteiger partial charge in [0, 0.05) is 61.2 Å². The Labute approximate surface area is 206 Å². The topological polar surface area (TPSA) is 62.5 Å². The summed E-state index contributed by atoms with van der Waals surface area (Å²) < 4.78 is 2.76. The van der Waals surface area contributed by atoms with E-state index in [-0.39, 0.29) is 11.9 Å². The zero-order valence-electron chi connectivity index (χ0n) is 17.6. The molecule has 5 nitrogen and oxygen atoms in total. The van der Waals surface area contributed by atoms with E-state index >= 15 is 0 Å². The van der Waals surface area contributed by atoms with Crippen molar-refractivity contribution in [2.45, 2.75) is 36.7 Å². The van der Waals surface area contributed by atoms with Crippen LogP contribution in [0.15, 0.2) is 52.2 Å². The van der Waals surface area contributed by atoms with E-state index in [1.165, 1.54) is 11.9 Å². The summed E-state index contributed by atoms with van der Waals surface area (Å²) in [5.41, 5.74) is 9.57. The van der Waals surface area contributed by atoms with Crippen LogP contribution in [0.4, 0.5) is 5.69 Å². The molecule has 1 saturated heterocycles. The first-order valence-corrected chi connectivity index (χ1v) is 12.8. The minimum atomic E-state index is 0.0576. The third-order valence-corrected chi connectivity index (χ3v) is 8.34. The minimum Gasteiger partial charge on any atom is -0.399 e. The molecule has 0 spiro atoms. The lowest BCUT2D eigenvalue weighted by molar-refractivity contribution is -0.125. The van der Waals surface area contributed by atoms with Crippen LogP contribution in [-0.4, -0.2) is 39.2 Å². The Morgan fingerprint density at radius 3 is 2.56 bits per heavy atom. The number of carbonyl (C=O) groups is 1. The molecule has 1 fully saturated rings. The van der Waals surface area contributed by atoms with Gasteiger partial charge in [-0.2, -0.15) is 0 Å². The van der Waals surface area contributed by atoms with Crippen LogP contribution in [0.25, 0.3) is 11.3 Å². The molecule has 1 amide bonds. The molecule has 0 saturated carbocycles. The molecule has 0 radical (unpaired) electrons. The van der Waals surface area contributed by atoms with E-state index in [0.29, 0.717) is 10.0 Å². The van der Waals surface area contributed by atoms with E-state index in [1.54, 1.807) is 18.3 Å². The summed E-state index contributed by atoms with van der Waals surface area (Å²) in [7, 11) is 0. The Balaban J connectivity index is 1.36. The average molecular weight is 508 g/mol. The van der Waals surface area contributed by atoms with Gasteiger partial charge >= 0.3 is 0 Å². The number of rotatable bonds is 6. The molecular formula is C23H24Cl2N4OS2. The Bertz CT molecular complexity index is 1080. The average Bonchev–Trinajstić information content (AvgIpc) is 3.24. The molecule has 1 aromatic heterocycles. The number of nitrogen functional groups attached to an aromatic ring is 1. The molecule has 1 aliphatic rings. The smallest absolute Gasteiger partial charge is 0.229 e. The summed E-state index contributed by atoms with van der Waals surface area (Å²) in [6.45, 7) is 4.30. The van der Waals surface area contributed by atoms with Crippen molar-refractivity contribution in [3.8, 4) is 11.3 Å². The van der Waals surface area contributed by atoms with E-state index in [9.17, 15) is 4.79 Å². The van der Waals surface area contributed by atoms with E-state index in [1.807, 2.05) is 52.1 Å². The lowest BCUT2D eigenvalue weighted by Crippen LogP contribution is -2.43. The summed E-state index contributed by atoms with van der Waals surface area (Å²) in [6, 6.07) is 13.6. The highest BCUT2D eigenvalue weighted by Crippen LogP contribution is 2.34. The van der Waals surface area contributed by atoms with Crippen LogP contribution >= 0.6 is 46.5 Å². The van der Waals surface area contributed by atoms with Gasteiger partial charge in [0.25, 0.3) is 0 Å². The van der Waals surface area contributed by atoms with Crippen molar-refractivity contribution in [3.63, 3.8) is 0 Å². The first-order valence-electron chi connectivity index (χ1n) is 10.3. The van der Waals surface area contributed by atoms with Gasteiger partial charge in [-0.25, -0.2) is 4.98 Å². The van der Waals surface area contributed by atoms with Crippen molar-refractivity contribution < 1.29 is 4.79 Å². The van der Waals surface area contributed by atoms with Crippen LogP contribution < -0.4 is 5.73 Å². The minimum absolute atomic E-state index is 0.0576. The van der Waals surface area contributed by atoms with Crippen LogP contribution in [-0.2, 0) is 11.3 Å². The van der Waals surface area contributed by atoms with Gasteiger partial charge < -0.3 is 5.73 Å². The van der Waals surface area contributed by atoms with Crippen LogP contribution in [0, 0.1) is 0 Å². The summed E-state index contributed by atoms with van der Waals surface area (Å²) in [4.78, 5) is 19.5. The Hall–Kier alpha value is -1.77. The molecule has 0 bridgehead atoms. The number of thiazole rings is 1. The molecule has 1 aliphatic heterocycles. The van der Waals surface area contributed by atoms with Crippen molar-refractivity contribution in [3.05, 3.63) is 63.5 Å². The number of piperidine rings is 1. The number of benzene rings is 2. The predicted molar refractivity (Wildman–Crippen MR) is 135 cm³/mol. The van der Waals surface area contributed by atoms with Gasteiger partial charge in [-0.05, 0) is 42.7 Å². The molecule has 0 unspecified atom stereocenters. The Morgan fingerprint density at radius 2 is 1.91 bits per heavy atom. The number of nitrogens with zero attached hydrogens (tertiary/aromatic N) is 3. The second kappa shape index (κ2) is 10.4. The monoisotopic (exact) mass is 506 g/mol. The molecule has 2 aromatic carbocycles. The SMILES string of the molecule is CC(=O)N(Sc1nc(-c2ccc(N)cc2)cs1)C1CCN(Cc2ccc(Cl)c(Cl)c2)CC1. The number of likely N-dealkylation sites (tertiary alicyclic amines) is 1. The van der Waals surface area contributed by atoms with Gasteiger partial charge in [-0.3, -0.25) is 14.0 Å². The van der Waals surface area contributed by atoms with Crippen LogP contribution in [0.1, 0.15) is 25.3 Å². The quantitative estimate of drug-likeness (QED) is 0.317. The van der Waals surface area contributed by atoms with E-state index in [2.05, 4.69) is 4.90 Å². The zero-order valence-corrected chi connectivity index (χ0v) is 20.8. The van der Waals surface area contributed by atoms with Crippen molar-refractivity contribution >= 4 is 58.1 Å². The number of nitrogens with two attached hydrogens (primary N) is 1. The highest BCUT2D eigenvalue weighted by Gasteiger charge is 2.28. The fourth-order valence-electron chi connectivity index (χ4n) is 3.77. The highest BCUT2D eigenvalue weighted by molar-refractivity contribution is 7.99. The van der Waals surface area contributed by atoms with Crippen LogP contribution in [0.3, 0.4) is 0 Å². The van der Waals surface area contributed by atoms with Gasteiger partial charge in [0.05, 0.1) is 15.7 Å². The van der Waals surface area contributed by atoms with E-state index in [0.717, 1.165) is 59.3 Å². The van der Waals surface area contributed by atoms with Gasteiger partial charge in [0.15, 0.2) is 4.34 Å². The van der Waals surface area contributed by atoms with Crippen LogP contribution in [0.5, 0.6) is 0 Å². The summed E-state index contributed by atoms with van der Waals surface area (Å²) in [6.07, 6.45) is 1.84. The molecule has 32 heavy (non-hydrogen) atoms. The number of hydrogen-bond acceptors (Lipinski definition) is 6. The van der Waals surface area contributed by atoms with Crippen molar-refractivity contribution in [1.29, 1.82) is 0 Å². The summed E-state index contributed by atoms with van der Waals surface area (Å²) in [5, 5.41) is 3.18. The number of aromatic nitrogens is 1. The molecule has 4 rings (SSSR count). The fraction of sp³-hybridized carbons (Fsp3) is 0.304. The van der Waals surface area contributed by atoms with Gasteiger partial charge in [-0.15, -0.1) is 11.3 Å². The Kier molecular flexibility index (Phi) is 7.63. The third kappa shape index (κ3) is 5.77. The normalized spacial score (nSPS) is 15.1. The van der Waals surface area contributed by atoms with Crippen LogP contribution in [0.2, 0.25) is 10.0 Å². The first-order chi connectivity index (χ1) is 15.4. The lowest BCUT2D eigenvalue weighted by Gasteiger charge is -2.37. The molecule has 3 aromatic rings. The standard InChI is InChI=1S/C23H24Cl2N4OS2/c1-15(30)29(32-23-27-22(14-31-23)17-3-5-18(26)6-4-17)19-8-10-28(11-9-19)13-16-2-7-20(24)21(25)12-16/h2-7,12,14,19H,8-11,13,26H2,1H3. The van der Waals surface area contributed by atoms with Crippen molar-refractivity contribution in [2.75, 3.05) is 18.8 Å². The maximum Gasteiger partial charge on any atom is 0.229 e. The maximum atomic E-state index is 12.4. The van der Waals surface area contributed by atoms with Crippen molar-refractivity contribution in [2.24, 2.45) is 0 Å². The summed E-state index contributed by atoms with van der Waals surface area (Å²) >= 11 is 15.2.